The van der Waals surface area contributed by atoms with Crippen LogP contribution in [0.15, 0.2) is 91.1 Å². The Labute approximate surface area is 175 Å². The summed E-state index contributed by atoms with van der Waals surface area (Å²) in [4.78, 5) is 23.0. The predicted molar refractivity (Wildman–Crippen MR) is 121 cm³/mol. The maximum Gasteiger partial charge on any atom is 0.256 e. The Balaban J connectivity index is 1.51. The number of amides is 1. The van der Waals surface area contributed by atoms with E-state index in [1.165, 1.54) is 0 Å². The van der Waals surface area contributed by atoms with Gasteiger partial charge in [-0.15, -0.1) is 0 Å². The zero-order valence-corrected chi connectivity index (χ0v) is 16.5. The highest BCUT2D eigenvalue weighted by Crippen LogP contribution is 2.26. The molecule has 30 heavy (non-hydrogen) atoms. The smallest absolute Gasteiger partial charge is 0.256 e. The van der Waals surface area contributed by atoms with E-state index in [9.17, 15) is 4.79 Å². The zero-order chi connectivity index (χ0) is 20.9. The first-order chi connectivity index (χ1) is 14.6. The lowest BCUT2D eigenvalue weighted by Gasteiger charge is -2.18. The Bertz CT molecular complexity index is 1160. The summed E-state index contributed by atoms with van der Waals surface area (Å²) in [6, 6.07) is 26.5. The van der Waals surface area contributed by atoms with Gasteiger partial charge in [0.25, 0.3) is 5.91 Å². The molecule has 0 spiro atoms. The van der Waals surface area contributed by atoms with Gasteiger partial charge < -0.3 is 16.0 Å². The Morgan fingerprint density at radius 3 is 2.40 bits per heavy atom. The number of anilines is 4. The number of hydrogen-bond acceptors (Lipinski definition) is 5. The number of hydrogen-bond donors (Lipinski definition) is 2. The minimum atomic E-state index is -0.214. The number of nitrogens with two attached hydrogens (primary N) is 1. The first-order valence-electron chi connectivity index (χ1n) is 9.49. The second-order valence-electron chi connectivity index (χ2n) is 6.79. The largest absolute Gasteiger partial charge is 0.399 e. The predicted octanol–water partition coefficient (Wildman–Crippen LogP) is 4.75. The van der Waals surface area contributed by atoms with Crippen molar-refractivity contribution in [3.05, 3.63) is 96.7 Å². The van der Waals surface area contributed by atoms with E-state index in [-0.39, 0.29) is 5.91 Å². The Morgan fingerprint density at radius 1 is 0.900 bits per heavy atom. The zero-order valence-electron chi connectivity index (χ0n) is 16.5. The molecule has 4 aromatic rings. The molecule has 0 saturated heterocycles. The van der Waals surface area contributed by atoms with Crippen molar-refractivity contribution in [1.29, 1.82) is 0 Å². The number of nitrogens with zero attached hydrogens (tertiary/aromatic N) is 3. The van der Waals surface area contributed by atoms with Crippen LogP contribution in [-0.4, -0.2) is 22.9 Å². The fraction of sp³-hybridized carbons (Fsp3) is 0.0417. The van der Waals surface area contributed by atoms with Gasteiger partial charge in [0.05, 0.1) is 0 Å². The van der Waals surface area contributed by atoms with Crippen molar-refractivity contribution in [2.45, 2.75) is 0 Å². The van der Waals surface area contributed by atoms with Crippen molar-refractivity contribution in [2.24, 2.45) is 0 Å². The van der Waals surface area contributed by atoms with E-state index in [0.29, 0.717) is 17.3 Å². The normalized spacial score (nSPS) is 10.4. The van der Waals surface area contributed by atoms with Crippen LogP contribution in [0.1, 0.15) is 10.4 Å². The van der Waals surface area contributed by atoms with Gasteiger partial charge in [0.15, 0.2) is 0 Å². The third-order valence-corrected chi connectivity index (χ3v) is 4.70. The van der Waals surface area contributed by atoms with Crippen molar-refractivity contribution >= 4 is 29.0 Å². The van der Waals surface area contributed by atoms with Gasteiger partial charge in [-0.25, -0.2) is 4.98 Å². The standard InChI is InChI=1S/C24H21N5O/c1-29(21-12-10-17(11-13-21)19-8-5-9-20(25)16-19)24-26-15-14-22(28-24)27-23(30)18-6-3-2-4-7-18/h2-16H,25H2,1H3,(H,26,27,28,30). The van der Waals surface area contributed by atoms with Gasteiger partial charge in [-0.1, -0.05) is 42.5 Å². The van der Waals surface area contributed by atoms with Gasteiger partial charge in [0.2, 0.25) is 5.95 Å². The number of carbonyl (C=O) groups is 1. The number of carbonyl (C=O) groups excluding carboxylic acids is 1. The first kappa shape index (κ1) is 19.1. The van der Waals surface area contributed by atoms with Crippen molar-refractivity contribution in [2.75, 3.05) is 23.0 Å². The number of nitrogens with one attached hydrogen (secondary N) is 1. The molecule has 148 valence electrons. The molecule has 3 aromatic carbocycles. The SMILES string of the molecule is CN(c1ccc(-c2cccc(N)c2)cc1)c1nccc(NC(=O)c2ccccc2)n1. The third kappa shape index (κ3) is 4.28. The van der Waals surface area contributed by atoms with Crippen molar-refractivity contribution in [3.8, 4) is 11.1 Å². The molecule has 0 unspecified atom stereocenters. The van der Waals surface area contributed by atoms with Gasteiger partial charge in [-0.05, 0) is 53.6 Å². The second kappa shape index (κ2) is 8.45. The highest BCUT2D eigenvalue weighted by Gasteiger charge is 2.11. The molecule has 4 rings (SSSR count). The van der Waals surface area contributed by atoms with E-state index in [4.69, 9.17) is 5.73 Å². The molecule has 0 aliphatic carbocycles. The van der Waals surface area contributed by atoms with Gasteiger partial charge in [0.1, 0.15) is 5.82 Å². The summed E-state index contributed by atoms with van der Waals surface area (Å²) in [7, 11) is 1.88. The lowest BCUT2D eigenvalue weighted by molar-refractivity contribution is 0.102. The summed E-state index contributed by atoms with van der Waals surface area (Å²) < 4.78 is 0. The molecular formula is C24H21N5O. The van der Waals surface area contributed by atoms with Gasteiger partial charge in [-0.2, -0.15) is 4.98 Å². The maximum absolute atomic E-state index is 12.4. The van der Waals surface area contributed by atoms with Gasteiger partial charge in [-0.3, -0.25) is 4.79 Å². The molecule has 3 N–H and O–H groups in total. The third-order valence-electron chi connectivity index (χ3n) is 4.70. The molecule has 0 atom stereocenters. The van der Waals surface area contributed by atoms with Crippen molar-refractivity contribution in [3.63, 3.8) is 0 Å². The molecule has 0 radical (unpaired) electrons. The summed E-state index contributed by atoms with van der Waals surface area (Å²) in [5.41, 5.74) is 10.2. The average molecular weight is 395 g/mol. The summed E-state index contributed by atoms with van der Waals surface area (Å²) in [5.74, 6) is 0.712. The number of nitrogen functional groups attached to an aromatic ring is 1. The molecular weight excluding hydrogens is 374 g/mol. The summed E-state index contributed by atoms with van der Waals surface area (Å²) in [5, 5.41) is 2.81. The van der Waals surface area contributed by atoms with Crippen LogP contribution in [0.2, 0.25) is 0 Å². The molecule has 0 aliphatic rings. The van der Waals surface area contributed by atoms with E-state index in [0.717, 1.165) is 22.5 Å². The highest BCUT2D eigenvalue weighted by atomic mass is 16.1. The van der Waals surface area contributed by atoms with Crippen LogP contribution in [-0.2, 0) is 0 Å². The quantitative estimate of drug-likeness (QED) is 0.477. The van der Waals surface area contributed by atoms with Crippen LogP contribution in [0.5, 0.6) is 0 Å². The number of aromatic nitrogens is 2. The fourth-order valence-electron chi connectivity index (χ4n) is 3.07. The Hall–Kier alpha value is -4.19. The Kier molecular flexibility index (Phi) is 5.39. The molecule has 1 heterocycles. The van der Waals surface area contributed by atoms with E-state index < -0.39 is 0 Å². The van der Waals surface area contributed by atoms with Crippen molar-refractivity contribution < 1.29 is 4.79 Å². The fourth-order valence-corrected chi connectivity index (χ4v) is 3.07. The summed E-state index contributed by atoms with van der Waals surface area (Å²) >= 11 is 0. The molecule has 0 fully saturated rings. The van der Waals surface area contributed by atoms with E-state index in [1.54, 1.807) is 24.4 Å². The van der Waals surface area contributed by atoms with Crippen LogP contribution in [0.4, 0.5) is 23.1 Å². The average Bonchev–Trinajstić information content (AvgIpc) is 2.79. The molecule has 6 nitrogen and oxygen atoms in total. The minimum Gasteiger partial charge on any atom is -0.399 e. The number of benzene rings is 3. The van der Waals surface area contributed by atoms with Crippen LogP contribution in [0.25, 0.3) is 11.1 Å². The van der Waals surface area contributed by atoms with Gasteiger partial charge >= 0.3 is 0 Å². The first-order valence-corrected chi connectivity index (χ1v) is 9.49. The minimum absolute atomic E-state index is 0.214. The van der Waals surface area contributed by atoms with Crippen LogP contribution in [0.3, 0.4) is 0 Å². The summed E-state index contributed by atoms with van der Waals surface area (Å²) in [6.07, 6.45) is 1.63. The second-order valence-corrected chi connectivity index (χ2v) is 6.79. The molecule has 0 saturated carbocycles. The molecule has 0 bridgehead atoms. The highest BCUT2D eigenvalue weighted by molar-refractivity contribution is 6.03. The van der Waals surface area contributed by atoms with Crippen molar-refractivity contribution in [1.82, 2.24) is 9.97 Å². The monoisotopic (exact) mass is 395 g/mol. The number of rotatable bonds is 5. The summed E-state index contributed by atoms with van der Waals surface area (Å²) in [6.45, 7) is 0. The van der Waals surface area contributed by atoms with E-state index in [1.807, 2.05) is 78.7 Å². The van der Waals surface area contributed by atoms with Crippen LogP contribution in [0, 0.1) is 0 Å². The van der Waals surface area contributed by atoms with Crippen LogP contribution >= 0.6 is 0 Å². The lowest BCUT2D eigenvalue weighted by atomic mass is 10.0. The van der Waals surface area contributed by atoms with E-state index in [2.05, 4.69) is 15.3 Å². The topological polar surface area (TPSA) is 84.1 Å². The molecule has 0 aliphatic heterocycles. The Morgan fingerprint density at radius 2 is 1.67 bits per heavy atom. The molecule has 6 heteroatoms. The maximum atomic E-state index is 12.4. The van der Waals surface area contributed by atoms with Crippen LogP contribution < -0.4 is 16.0 Å². The van der Waals surface area contributed by atoms with E-state index >= 15 is 0 Å². The lowest BCUT2D eigenvalue weighted by Crippen LogP contribution is -2.16. The molecule has 1 amide bonds. The molecule has 1 aromatic heterocycles. The van der Waals surface area contributed by atoms with Gasteiger partial charge in [0, 0.05) is 30.2 Å².